The van der Waals surface area contributed by atoms with Gasteiger partial charge in [0.05, 0.1) is 5.92 Å². The second kappa shape index (κ2) is 7.97. The highest BCUT2D eigenvalue weighted by molar-refractivity contribution is 7.98. The summed E-state index contributed by atoms with van der Waals surface area (Å²) >= 11 is 1.67. The molecular weight excluding hydrogens is 370 g/mol. The number of nitrogens with zero attached hydrogens (tertiary/aromatic N) is 2. The Bertz CT molecular complexity index is 856. The van der Waals surface area contributed by atoms with E-state index in [-0.39, 0.29) is 36.1 Å². The minimum absolute atomic E-state index is 0.0124. The number of hydrogen-bond acceptors (Lipinski definition) is 4. The van der Waals surface area contributed by atoms with Gasteiger partial charge in [0, 0.05) is 48.6 Å². The summed E-state index contributed by atoms with van der Waals surface area (Å²) in [6.07, 6.45) is 2.29. The van der Waals surface area contributed by atoms with E-state index in [1.807, 2.05) is 53.6 Å². The number of nitrogens with two attached hydrogens (primary N) is 1. The van der Waals surface area contributed by atoms with Crippen LogP contribution < -0.4 is 10.6 Å². The average Bonchev–Trinajstić information content (AvgIpc) is 3.31. The lowest BCUT2D eigenvalue weighted by molar-refractivity contribution is -0.134. The van der Waals surface area contributed by atoms with E-state index in [9.17, 15) is 9.59 Å². The third-order valence-corrected chi connectivity index (χ3v) is 6.51. The van der Waals surface area contributed by atoms with Crippen molar-refractivity contribution in [1.29, 1.82) is 0 Å². The minimum atomic E-state index is -0.297. The standard InChI is InChI=1S/C22H25N3O2S/c1-28-18-9-7-17(8-10-18)25-12-16(11-21(25)26)22(27)24-13-19(20(23)14-24)15-5-3-2-4-6-15/h2-10,16,19-20H,11-14,23H2,1H3/t16?,19-,20+/m0/s1. The molecule has 2 aliphatic heterocycles. The SMILES string of the molecule is CSc1ccc(N2CC(C(=O)N3C[C@@H](N)[C@H](c4ccccc4)C3)CC2=O)cc1. The lowest BCUT2D eigenvalue weighted by Crippen LogP contribution is -2.37. The highest BCUT2D eigenvalue weighted by Crippen LogP contribution is 2.31. The summed E-state index contributed by atoms with van der Waals surface area (Å²) in [5.41, 5.74) is 8.37. The van der Waals surface area contributed by atoms with Gasteiger partial charge in [-0.05, 0) is 36.1 Å². The molecule has 2 aromatic carbocycles. The summed E-state index contributed by atoms with van der Waals surface area (Å²) in [5.74, 6) is -0.0873. The normalized spacial score (nSPS) is 24.8. The number of benzene rings is 2. The Morgan fingerprint density at radius 1 is 1.04 bits per heavy atom. The van der Waals surface area contributed by atoms with E-state index in [0.717, 1.165) is 10.6 Å². The van der Waals surface area contributed by atoms with Gasteiger partial charge in [-0.15, -0.1) is 11.8 Å². The summed E-state index contributed by atoms with van der Waals surface area (Å²) < 4.78 is 0. The fourth-order valence-corrected chi connectivity index (χ4v) is 4.61. The zero-order chi connectivity index (χ0) is 19.7. The topological polar surface area (TPSA) is 66.6 Å². The third-order valence-electron chi connectivity index (χ3n) is 5.76. The van der Waals surface area contributed by atoms with Crippen molar-refractivity contribution in [1.82, 2.24) is 4.90 Å². The molecule has 0 spiro atoms. The monoisotopic (exact) mass is 395 g/mol. The van der Waals surface area contributed by atoms with Gasteiger partial charge in [0.15, 0.2) is 0 Å². The van der Waals surface area contributed by atoms with Crippen molar-refractivity contribution in [2.24, 2.45) is 11.7 Å². The number of carbonyl (C=O) groups is 2. The van der Waals surface area contributed by atoms with Crippen LogP contribution in [0.1, 0.15) is 17.9 Å². The van der Waals surface area contributed by atoms with Gasteiger partial charge in [0.25, 0.3) is 0 Å². The van der Waals surface area contributed by atoms with Crippen LogP contribution in [-0.4, -0.2) is 48.6 Å². The number of amides is 2. The first-order valence-corrected chi connectivity index (χ1v) is 10.8. The zero-order valence-corrected chi connectivity index (χ0v) is 16.8. The Hall–Kier alpha value is -2.31. The Kier molecular flexibility index (Phi) is 5.42. The molecule has 0 aliphatic carbocycles. The summed E-state index contributed by atoms with van der Waals surface area (Å²) in [6.45, 7) is 1.61. The first-order chi connectivity index (χ1) is 13.6. The summed E-state index contributed by atoms with van der Waals surface area (Å²) in [6, 6.07) is 18.0. The minimum Gasteiger partial charge on any atom is -0.340 e. The molecule has 2 N–H and O–H groups in total. The fraction of sp³-hybridized carbons (Fsp3) is 0.364. The van der Waals surface area contributed by atoms with E-state index in [0.29, 0.717) is 19.6 Å². The van der Waals surface area contributed by atoms with E-state index >= 15 is 0 Å². The van der Waals surface area contributed by atoms with Crippen LogP contribution in [0.25, 0.3) is 0 Å². The first-order valence-electron chi connectivity index (χ1n) is 9.60. The Morgan fingerprint density at radius 2 is 1.75 bits per heavy atom. The molecule has 0 radical (unpaired) electrons. The summed E-state index contributed by atoms with van der Waals surface area (Å²) in [7, 11) is 0. The van der Waals surface area contributed by atoms with Crippen LogP contribution in [-0.2, 0) is 9.59 Å². The molecular formula is C22H25N3O2S. The van der Waals surface area contributed by atoms with Crippen molar-refractivity contribution in [3.8, 4) is 0 Å². The van der Waals surface area contributed by atoms with Gasteiger partial charge < -0.3 is 15.5 Å². The maximum Gasteiger partial charge on any atom is 0.228 e. The van der Waals surface area contributed by atoms with Crippen molar-refractivity contribution in [2.75, 3.05) is 30.8 Å². The number of carbonyl (C=O) groups excluding carboxylic acids is 2. The van der Waals surface area contributed by atoms with Crippen molar-refractivity contribution in [3.63, 3.8) is 0 Å². The Labute approximate surface area is 169 Å². The molecule has 0 bridgehead atoms. The van der Waals surface area contributed by atoms with Gasteiger partial charge in [-0.1, -0.05) is 30.3 Å². The third kappa shape index (κ3) is 3.66. The average molecular weight is 396 g/mol. The zero-order valence-electron chi connectivity index (χ0n) is 16.0. The van der Waals surface area contributed by atoms with Crippen molar-refractivity contribution < 1.29 is 9.59 Å². The van der Waals surface area contributed by atoms with E-state index < -0.39 is 0 Å². The van der Waals surface area contributed by atoms with Gasteiger partial charge in [-0.2, -0.15) is 0 Å². The van der Waals surface area contributed by atoms with Crippen LogP contribution in [0.4, 0.5) is 5.69 Å². The van der Waals surface area contributed by atoms with E-state index in [1.165, 1.54) is 5.56 Å². The largest absolute Gasteiger partial charge is 0.340 e. The maximum absolute atomic E-state index is 13.1. The first kappa shape index (κ1) is 19.0. The van der Waals surface area contributed by atoms with Gasteiger partial charge in [0.1, 0.15) is 0 Å². The molecule has 2 amide bonds. The van der Waals surface area contributed by atoms with Crippen LogP contribution in [0, 0.1) is 5.92 Å². The second-order valence-corrected chi connectivity index (χ2v) is 8.41. The molecule has 2 fully saturated rings. The van der Waals surface area contributed by atoms with Crippen molar-refractivity contribution in [3.05, 3.63) is 60.2 Å². The lowest BCUT2D eigenvalue weighted by Gasteiger charge is -2.21. The van der Waals surface area contributed by atoms with Crippen LogP contribution in [0.2, 0.25) is 0 Å². The highest BCUT2D eigenvalue weighted by atomic mass is 32.2. The molecule has 6 heteroatoms. The Morgan fingerprint density at radius 3 is 2.43 bits per heavy atom. The van der Waals surface area contributed by atoms with E-state index in [1.54, 1.807) is 16.7 Å². The quantitative estimate of drug-likeness (QED) is 0.809. The molecule has 1 unspecified atom stereocenters. The van der Waals surface area contributed by atoms with Crippen LogP contribution in [0.15, 0.2) is 59.5 Å². The van der Waals surface area contributed by atoms with Crippen LogP contribution in [0.3, 0.4) is 0 Å². The number of likely N-dealkylation sites (tertiary alicyclic amines) is 1. The molecule has 0 saturated carbocycles. The molecule has 2 heterocycles. The molecule has 2 aliphatic rings. The predicted molar refractivity (Wildman–Crippen MR) is 112 cm³/mol. The predicted octanol–water partition coefficient (Wildman–Crippen LogP) is 2.71. The van der Waals surface area contributed by atoms with E-state index in [4.69, 9.17) is 5.73 Å². The van der Waals surface area contributed by atoms with Crippen molar-refractivity contribution >= 4 is 29.3 Å². The fourth-order valence-electron chi connectivity index (χ4n) is 4.20. The number of hydrogen-bond donors (Lipinski definition) is 1. The molecule has 2 aromatic rings. The summed E-state index contributed by atoms with van der Waals surface area (Å²) in [4.78, 5) is 30.4. The second-order valence-electron chi connectivity index (χ2n) is 7.53. The van der Waals surface area contributed by atoms with Gasteiger partial charge in [-0.3, -0.25) is 9.59 Å². The maximum atomic E-state index is 13.1. The molecule has 5 nitrogen and oxygen atoms in total. The molecule has 2 saturated heterocycles. The summed E-state index contributed by atoms with van der Waals surface area (Å²) in [5, 5.41) is 0. The van der Waals surface area contributed by atoms with Crippen LogP contribution in [0.5, 0.6) is 0 Å². The molecule has 3 atom stereocenters. The number of thioether (sulfide) groups is 1. The molecule has 0 aromatic heterocycles. The van der Waals surface area contributed by atoms with Gasteiger partial charge >= 0.3 is 0 Å². The van der Waals surface area contributed by atoms with Crippen molar-refractivity contribution in [2.45, 2.75) is 23.3 Å². The highest BCUT2D eigenvalue weighted by Gasteiger charge is 2.41. The van der Waals surface area contributed by atoms with Gasteiger partial charge in [0.2, 0.25) is 11.8 Å². The number of anilines is 1. The smallest absolute Gasteiger partial charge is 0.228 e. The van der Waals surface area contributed by atoms with E-state index in [2.05, 4.69) is 12.1 Å². The lowest BCUT2D eigenvalue weighted by atomic mass is 9.95. The number of rotatable bonds is 4. The Balaban J connectivity index is 1.43. The molecule has 28 heavy (non-hydrogen) atoms. The van der Waals surface area contributed by atoms with Crippen LogP contribution >= 0.6 is 11.8 Å². The van der Waals surface area contributed by atoms with Gasteiger partial charge in [-0.25, -0.2) is 0 Å². The molecule has 4 rings (SSSR count). The molecule has 146 valence electrons.